The van der Waals surface area contributed by atoms with Gasteiger partial charge in [0.1, 0.15) is 0 Å². The van der Waals surface area contributed by atoms with Crippen molar-refractivity contribution in [1.82, 2.24) is 15.1 Å². The molecule has 2 amide bonds. The molecular formula is C20H26N4O2. The molecular weight excluding hydrogens is 328 g/mol. The molecule has 0 aliphatic carbocycles. The van der Waals surface area contributed by atoms with E-state index in [9.17, 15) is 14.9 Å². The van der Waals surface area contributed by atoms with Gasteiger partial charge in [0.25, 0.3) is 0 Å². The van der Waals surface area contributed by atoms with Crippen molar-refractivity contribution in [2.45, 2.75) is 37.6 Å². The van der Waals surface area contributed by atoms with E-state index in [4.69, 9.17) is 0 Å². The number of rotatable bonds is 4. The molecule has 1 atom stereocenters. The number of piperazine rings is 1. The predicted octanol–water partition coefficient (Wildman–Crippen LogP) is 1.28. The molecule has 1 aromatic carbocycles. The third-order valence-corrected chi connectivity index (χ3v) is 5.73. The molecule has 2 aliphatic rings. The second-order valence-corrected chi connectivity index (χ2v) is 7.08. The number of nitriles is 1. The van der Waals surface area contributed by atoms with Crippen LogP contribution < -0.4 is 5.32 Å². The van der Waals surface area contributed by atoms with E-state index in [0.29, 0.717) is 32.5 Å². The first-order valence-corrected chi connectivity index (χ1v) is 9.36. The van der Waals surface area contributed by atoms with Crippen molar-refractivity contribution < 1.29 is 9.59 Å². The zero-order valence-corrected chi connectivity index (χ0v) is 15.3. The maximum Gasteiger partial charge on any atom is 0.237 e. The van der Waals surface area contributed by atoms with Gasteiger partial charge in [-0.2, -0.15) is 5.26 Å². The van der Waals surface area contributed by atoms with Crippen LogP contribution in [-0.2, 0) is 15.0 Å². The van der Waals surface area contributed by atoms with Crippen LogP contribution in [0.1, 0.15) is 31.7 Å². The Bertz CT molecular complexity index is 690. The average Bonchev–Trinajstić information content (AvgIpc) is 2.70. The number of likely N-dealkylation sites (N-methyl/N-ethyl adjacent to an activating group) is 1. The number of nitrogens with one attached hydrogen (secondary N) is 1. The summed E-state index contributed by atoms with van der Waals surface area (Å²) in [5.41, 5.74) is 0.508. The van der Waals surface area contributed by atoms with Crippen LogP contribution in [0.3, 0.4) is 0 Å². The topological polar surface area (TPSA) is 76.4 Å². The Hall–Kier alpha value is -2.39. The van der Waals surface area contributed by atoms with Crippen molar-refractivity contribution in [2.24, 2.45) is 0 Å². The molecule has 0 saturated carbocycles. The highest BCUT2D eigenvalue weighted by atomic mass is 16.2. The molecule has 6 nitrogen and oxygen atoms in total. The summed E-state index contributed by atoms with van der Waals surface area (Å²) < 4.78 is 0. The zero-order valence-electron chi connectivity index (χ0n) is 15.3. The van der Waals surface area contributed by atoms with Crippen LogP contribution in [0.5, 0.6) is 0 Å². The van der Waals surface area contributed by atoms with E-state index in [1.807, 2.05) is 42.2 Å². The molecule has 6 heteroatoms. The minimum absolute atomic E-state index is 0.00472. The third-order valence-electron chi connectivity index (χ3n) is 5.73. The van der Waals surface area contributed by atoms with Crippen LogP contribution in [0.25, 0.3) is 0 Å². The summed E-state index contributed by atoms with van der Waals surface area (Å²) in [5, 5.41) is 12.6. The van der Waals surface area contributed by atoms with E-state index in [1.54, 1.807) is 0 Å². The molecule has 2 fully saturated rings. The van der Waals surface area contributed by atoms with Gasteiger partial charge in [-0.15, -0.1) is 0 Å². The molecule has 1 N–H and O–H groups in total. The molecule has 138 valence electrons. The molecule has 2 aliphatic heterocycles. The number of hydrogen-bond acceptors (Lipinski definition) is 4. The van der Waals surface area contributed by atoms with Crippen molar-refractivity contribution in [2.75, 3.05) is 32.7 Å². The summed E-state index contributed by atoms with van der Waals surface area (Å²) in [7, 11) is 0. The molecule has 26 heavy (non-hydrogen) atoms. The lowest BCUT2D eigenvalue weighted by molar-refractivity contribution is -0.139. The van der Waals surface area contributed by atoms with Gasteiger partial charge in [-0.3, -0.25) is 14.5 Å². The van der Waals surface area contributed by atoms with Gasteiger partial charge in [-0.05, 0) is 24.9 Å². The van der Waals surface area contributed by atoms with E-state index in [2.05, 4.69) is 16.3 Å². The second-order valence-electron chi connectivity index (χ2n) is 7.08. The van der Waals surface area contributed by atoms with Crippen LogP contribution in [0, 0.1) is 11.3 Å². The molecule has 0 spiro atoms. The Labute approximate surface area is 154 Å². The van der Waals surface area contributed by atoms with Gasteiger partial charge in [0.2, 0.25) is 11.8 Å². The first kappa shape index (κ1) is 18.4. The van der Waals surface area contributed by atoms with E-state index in [-0.39, 0.29) is 24.3 Å². The van der Waals surface area contributed by atoms with Crippen molar-refractivity contribution in [3.8, 4) is 6.07 Å². The monoisotopic (exact) mass is 354 g/mol. The Morgan fingerprint density at radius 2 is 1.96 bits per heavy atom. The van der Waals surface area contributed by atoms with Crippen molar-refractivity contribution in [3.63, 3.8) is 0 Å². The number of amides is 2. The van der Waals surface area contributed by atoms with E-state index >= 15 is 0 Å². The summed E-state index contributed by atoms with van der Waals surface area (Å²) in [6.45, 7) is 5.31. The lowest BCUT2D eigenvalue weighted by atomic mass is 9.74. The maximum atomic E-state index is 12.7. The van der Waals surface area contributed by atoms with Crippen LogP contribution in [-0.4, -0.2) is 60.4 Å². The number of hydrogen-bond donors (Lipinski definition) is 1. The number of benzene rings is 1. The summed E-state index contributed by atoms with van der Waals surface area (Å²) in [6.07, 6.45) is 1.48. The van der Waals surface area contributed by atoms with Gasteiger partial charge in [-0.25, -0.2) is 0 Å². The van der Waals surface area contributed by atoms with Crippen LogP contribution >= 0.6 is 0 Å². The first-order chi connectivity index (χ1) is 12.6. The highest BCUT2D eigenvalue weighted by Gasteiger charge is 2.39. The normalized spacial score (nSPS) is 23.2. The van der Waals surface area contributed by atoms with E-state index in [1.165, 1.54) is 0 Å². The fraction of sp³-hybridized carbons (Fsp3) is 0.550. The summed E-state index contributed by atoms with van der Waals surface area (Å²) in [6, 6.07) is 11.9. The van der Waals surface area contributed by atoms with Gasteiger partial charge in [0.15, 0.2) is 0 Å². The molecule has 2 saturated heterocycles. The maximum absolute atomic E-state index is 12.7. The van der Waals surface area contributed by atoms with Gasteiger partial charge in [0, 0.05) is 26.2 Å². The molecule has 2 heterocycles. The largest absolute Gasteiger partial charge is 0.353 e. The fourth-order valence-corrected chi connectivity index (χ4v) is 4.02. The first-order valence-electron chi connectivity index (χ1n) is 9.36. The predicted molar refractivity (Wildman–Crippen MR) is 98.2 cm³/mol. The average molecular weight is 354 g/mol. The highest BCUT2D eigenvalue weighted by molar-refractivity contribution is 5.88. The molecule has 1 aromatic rings. The lowest BCUT2D eigenvalue weighted by Crippen LogP contribution is -2.57. The molecule has 0 bridgehead atoms. The number of carbonyl (C=O) groups excluding carboxylic acids is 2. The van der Waals surface area contributed by atoms with Gasteiger partial charge >= 0.3 is 0 Å². The Morgan fingerprint density at radius 1 is 1.27 bits per heavy atom. The minimum Gasteiger partial charge on any atom is -0.353 e. The quantitative estimate of drug-likeness (QED) is 0.884. The Morgan fingerprint density at radius 3 is 2.58 bits per heavy atom. The smallest absolute Gasteiger partial charge is 0.237 e. The molecule has 0 unspecified atom stereocenters. The summed E-state index contributed by atoms with van der Waals surface area (Å²) in [5.74, 6) is -0.0516. The van der Waals surface area contributed by atoms with E-state index < -0.39 is 5.41 Å². The SMILES string of the molecule is CCN1CCNC(=O)[C@@H]1CC(=O)N1CCC(C#N)(c2ccccc2)CC1. The van der Waals surface area contributed by atoms with Crippen LogP contribution in [0.15, 0.2) is 30.3 Å². The van der Waals surface area contributed by atoms with E-state index in [0.717, 1.165) is 18.7 Å². The number of nitrogens with zero attached hydrogens (tertiary/aromatic N) is 3. The van der Waals surface area contributed by atoms with Gasteiger partial charge in [0.05, 0.1) is 23.9 Å². The zero-order chi connectivity index (χ0) is 18.6. The standard InChI is InChI=1S/C20H26N4O2/c1-2-23-13-10-22-19(26)17(23)14-18(25)24-11-8-20(15-21,9-12-24)16-6-4-3-5-7-16/h3-7,17H,2,8-14H2,1H3,(H,22,26)/t17-/m0/s1. The van der Waals surface area contributed by atoms with Crippen molar-refractivity contribution in [1.29, 1.82) is 5.26 Å². The minimum atomic E-state index is -0.518. The number of piperidine rings is 1. The number of carbonyl (C=O) groups is 2. The van der Waals surface area contributed by atoms with Gasteiger partial charge < -0.3 is 10.2 Å². The second kappa shape index (κ2) is 7.88. The molecule has 0 radical (unpaired) electrons. The van der Waals surface area contributed by atoms with Gasteiger partial charge in [-0.1, -0.05) is 37.3 Å². The van der Waals surface area contributed by atoms with Crippen molar-refractivity contribution >= 4 is 11.8 Å². The van der Waals surface area contributed by atoms with Crippen LogP contribution in [0.2, 0.25) is 0 Å². The third kappa shape index (κ3) is 3.58. The Balaban J connectivity index is 1.63. The van der Waals surface area contributed by atoms with Crippen molar-refractivity contribution in [3.05, 3.63) is 35.9 Å². The summed E-state index contributed by atoms with van der Waals surface area (Å²) in [4.78, 5) is 28.8. The Kier molecular flexibility index (Phi) is 5.58. The summed E-state index contributed by atoms with van der Waals surface area (Å²) >= 11 is 0. The number of likely N-dealkylation sites (tertiary alicyclic amines) is 1. The highest BCUT2D eigenvalue weighted by Crippen LogP contribution is 2.35. The van der Waals surface area contributed by atoms with Crippen LogP contribution in [0.4, 0.5) is 0 Å². The molecule has 3 rings (SSSR count). The fourth-order valence-electron chi connectivity index (χ4n) is 4.02. The molecule has 0 aromatic heterocycles. The lowest BCUT2D eigenvalue weighted by Gasteiger charge is -2.39.